The molecule has 0 aromatic rings. The number of unbranched alkanes of at least 4 members (excludes halogenated alkanes) is 15. The molecular weight excluding hydrogens is 1030 g/mol. The Kier molecular flexibility index (Phi) is 46.1. The predicted octanol–water partition coefficient (Wildman–Crippen LogP) is 11.4. The molecule has 0 aliphatic carbocycles. The summed E-state index contributed by atoms with van der Waals surface area (Å²) in [7, 11) is 0. The summed E-state index contributed by atoms with van der Waals surface area (Å²) in [5.74, 6) is -0.223. The van der Waals surface area contributed by atoms with Gasteiger partial charge in [-0.1, -0.05) is 225 Å². The van der Waals surface area contributed by atoms with Crippen molar-refractivity contribution in [3.05, 3.63) is 122 Å². The molecule has 14 nitrogen and oxygen atoms in total. The number of ether oxygens (including phenoxy) is 4. The van der Waals surface area contributed by atoms with E-state index in [-0.39, 0.29) is 12.5 Å². The van der Waals surface area contributed by atoms with E-state index in [9.17, 15) is 45.6 Å². The van der Waals surface area contributed by atoms with Crippen LogP contribution in [0.1, 0.15) is 200 Å². The number of nitrogens with one attached hydrogen (secondary N) is 1. The molecule has 12 unspecified atom stereocenters. The van der Waals surface area contributed by atoms with E-state index in [1.807, 2.05) is 0 Å². The van der Waals surface area contributed by atoms with Crippen LogP contribution in [0.2, 0.25) is 0 Å². The summed E-state index contributed by atoms with van der Waals surface area (Å²) in [4.78, 5) is 13.2. The molecule has 2 aliphatic rings. The molecule has 2 heterocycles. The molecule has 12 atom stereocenters. The van der Waals surface area contributed by atoms with Crippen LogP contribution in [0.3, 0.4) is 0 Å². The summed E-state index contributed by atoms with van der Waals surface area (Å²) in [5, 5.41) is 86.7. The Labute approximate surface area is 488 Å². The topological polar surface area (TPSA) is 228 Å². The van der Waals surface area contributed by atoms with Crippen molar-refractivity contribution < 1.29 is 64.6 Å². The number of carbonyl (C=O) groups excluding carboxylic acids is 1. The van der Waals surface area contributed by atoms with Crippen molar-refractivity contribution in [2.75, 3.05) is 19.8 Å². The van der Waals surface area contributed by atoms with Gasteiger partial charge in [-0.2, -0.15) is 0 Å². The van der Waals surface area contributed by atoms with Crippen molar-refractivity contribution in [2.24, 2.45) is 0 Å². The Morgan fingerprint density at radius 2 is 0.852 bits per heavy atom. The highest BCUT2D eigenvalue weighted by atomic mass is 16.7. The number of aliphatic hydroxyl groups excluding tert-OH is 8. The molecule has 2 rings (SSSR count). The number of hydrogen-bond donors (Lipinski definition) is 9. The van der Waals surface area contributed by atoms with Gasteiger partial charge in [0.25, 0.3) is 0 Å². The zero-order valence-electron chi connectivity index (χ0n) is 49.7. The summed E-state index contributed by atoms with van der Waals surface area (Å²) >= 11 is 0. The van der Waals surface area contributed by atoms with Gasteiger partial charge in [0.15, 0.2) is 12.6 Å². The van der Waals surface area contributed by atoms with Crippen LogP contribution in [0, 0.1) is 0 Å². The van der Waals surface area contributed by atoms with Gasteiger partial charge < -0.3 is 65.1 Å². The van der Waals surface area contributed by atoms with Crippen LogP contribution in [0.5, 0.6) is 0 Å². The number of allylic oxidation sites excluding steroid dienone is 20. The second kappa shape index (κ2) is 50.9. The molecule has 462 valence electrons. The van der Waals surface area contributed by atoms with E-state index < -0.39 is 86.8 Å². The minimum absolute atomic E-state index is 0.223. The first-order chi connectivity index (χ1) is 39.6. The molecule has 0 aromatic heterocycles. The summed E-state index contributed by atoms with van der Waals surface area (Å²) in [6, 6.07) is -0.835. The largest absolute Gasteiger partial charge is 0.394 e. The van der Waals surface area contributed by atoms with E-state index in [0.717, 1.165) is 128 Å². The second-order valence-electron chi connectivity index (χ2n) is 21.5. The van der Waals surface area contributed by atoms with Crippen LogP contribution in [0.25, 0.3) is 0 Å². The molecule has 9 N–H and O–H groups in total. The SMILES string of the molecule is CC/C=C\C/C=C\C/C=C\C/C=C\C/C=C\C/C=C\C/C=C\C/C=C\C/C=C\C/C=C\CCCCCCCCCCCCC(=O)NC(COC1OC(CO)C(OC2OC(CO)C(O)C(O)C2O)C(O)C1O)C(O)CCCCCCCC. The molecule has 2 saturated heterocycles. The molecule has 0 saturated carbocycles. The van der Waals surface area contributed by atoms with E-state index in [1.54, 1.807) is 0 Å². The maximum atomic E-state index is 13.2. The van der Waals surface area contributed by atoms with Gasteiger partial charge in [0.2, 0.25) is 5.91 Å². The Morgan fingerprint density at radius 3 is 1.31 bits per heavy atom. The molecule has 2 fully saturated rings. The van der Waals surface area contributed by atoms with Gasteiger partial charge in [-0.05, 0) is 89.9 Å². The van der Waals surface area contributed by atoms with Gasteiger partial charge in [-0.3, -0.25) is 4.79 Å². The van der Waals surface area contributed by atoms with Gasteiger partial charge in [-0.25, -0.2) is 0 Å². The summed E-state index contributed by atoms with van der Waals surface area (Å²) < 4.78 is 22.7. The molecule has 0 aromatic carbocycles. The monoisotopic (exact) mass is 1140 g/mol. The van der Waals surface area contributed by atoms with Crippen molar-refractivity contribution in [2.45, 2.75) is 274 Å². The number of carbonyl (C=O) groups is 1. The Morgan fingerprint density at radius 1 is 0.457 bits per heavy atom. The highest BCUT2D eigenvalue weighted by Gasteiger charge is 2.51. The van der Waals surface area contributed by atoms with E-state index >= 15 is 0 Å². The van der Waals surface area contributed by atoms with Gasteiger partial charge in [-0.15, -0.1) is 0 Å². The Balaban J connectivity index is 1.54. The minimum Gasteiger partial charge on any atom is -0.394 e. The Hall–Kier alpha value is -3.61. The lowest BCUT2D eigenvalue weighted by Crippen LogP contribution is -2.65. The predicted molar refractivity (Wildman–Crippen MR) is 327 cm³/mol. The van der Waals surface area contributed by atoms with Crippen molar-refractivity contribution >= 4 is 5.91 Å². The lowest BCUT2D eigenvalue weighted by molar-refractivity contribution is -0.359. The quantitative estimate of drug-likeness (QED) is 0.0204. The van der Waals surface area contributed by atoms with E-state index in [4.69, 9.17) is 18.9 Å². The van der Waals surface area contributed by atoms with Crippen molar-refractivity contribution in [3.8, 4) is 0 Å². The van der Waals surface area contributed by atoms with E-state index in [0.29, 0.717) is 19.3 Å². The average molecular weight is 1140 g/mol. The summed E-state index contributed by atoms with van der Waals surface area (Å²) in [6.45, 7) is 2.64. The molecule has 1 amide bonds. The molecule has 81 heavy (non-hydrogen) atoms. The third-order valence-corrected chi connectivity index (χ3v) is 14.4. The number of hydrogen-bond acceptors (Lipinski definition) is 13. The summed E-state index contributed by atoms with van der Waals surface area (Å²) in [5.41, 5.74) is 0. The van der Waals surface area contributed by atoms with E-state index in [1.165, 1.54) is 38.5 Å². The molecule has 14 heteroatoms. The van der Waals surface area contributed by atoms with Crippen molar-refractivity contribution in [1.82, 2.24) is 5.32 Å². The van der Waals surface area contributed by atoms with Crippen molar-refractivity contribution in [1.29, 1.82) is 0 Å². The molecule has 2 aliphatic heterocycles. The zero-order valence-corrected chi connectivity index (χ0v) is 49.7. The third kappa shape index (κ3) is 36.0. The van der Waals surface area contributed by atoms with Crippen LogP contribution in [0.4, 0.5) is 0 Å². The molecule has 0 radical (unpaired) electrons. The van der Waals surface area contributed by atoms with Crippen LogP contribution in [-0.2, 0) is 23.7 Å². The molecular formula is C67H111NO13. The van der Waals surface area contributed by atoms with Crippen molar-refractivity contribution in [3.63, 3.8) is 0 Å². The first kappa shape index (κ1) is 73.5. The normalized spacial score (nSPS) is 25.0. The highest BCUT2D eigenvalue weighted by Crippen LogP contribution is 2.30. The number of amides is 1. The number of rotatable bonds is 48. The molecule has 0 spiro atoms. The van der Waals surface area contributed by atoms with Crippen LogP contribution >= 0.6 is 0 Å². The fourth-order valence-corrected chi connectivity index (χ4v) is 9.44. The first-order valence-corrected chi connectivity index (χ1v) is 31.3. The zero-order chi connectivity index (χ0) is 58.8. The minimum atomic E-state index is -1.79. The smallest absolute Gasteiger partial charge is 0.220 e. The van der Waals surface area contributed by atoms with E-state index in [2.05, 4.69) is 141 Å². The van der Waals surface area contributed by atoms with Crippen LogP contribution in [0.15, 0.2) is 122 Å². The van der Waals surface area contributed by atoms with Crippen LogP contribution < -0.4 is 5.32 Å². The van der Waals surface area contributed by atoms with Gasteiger partial charge >= 0.3 is 0 Å². The average Bonchev–Trinajstić information content (AvgIpc) is 3.55. The standard InChI is InChI=1S/C67H111NO13/c1-3-5-7-9-11-12-13-14-15-16-17-18-19-20-21-22-23-24-25-26-27-28-29-30-31-32-33-34-35-36-37-38-39-40-41-42-43-44-45-47-49-51-59(72)68-55(56(71)50-48-46-10-8-6-4-2)54-78-66-64(77)62(75)65(58(53-70)80-66)81-67-63(76)61(74)60(73)57(52-69)79-67/h5,7,11-12,14-15,17-18,20-21,23-24,26-27,29-30,32-33,35-36,55-58,60-67,69-71,73-77H,3-4,6,8-10,13,16,19,22,25,28,31,34,37-54H2,1-2H3,(H,68,72)/b7-5-,12-11-,15-14-,18-17-,21-20-,24-23-,27-26-,30-29-,33-32-,36-35-. The lowest BCUT2D eigenvalue weighted by atomic mass is 9.97. The summed E-state index contributed by atoms with van der Waals surface area (Å²) in [6.07, 6.45) is 57.0. The Bertz CT molecular complexity index is 1820. The maximum absolute atomic E-state index is 13.2. The fourth-order valence-electron chi connectivity index (χ4n) is 9.44. The van der Waals surface area contributed by atoms with Gasteiger partial charge in [0.1, 0.15) is 48.8 Å². The van der Waals surface area contributed by atoms with Gasteiger partial charge in [0.05, 0.1) is 32.0 Å². The lowest BCUT2D eigenvalue weighted by Gasteiger charge is -2.46. The second-order valence-corrected chi connectivity index (χ2v) is 21.5. The van der Waals surface area contributed by atoms with Gasteiger partial charge in [0, 0.05) is 6.42 Å². The third-order valence-electron chi connectivity index (χ3n) is 14.4. The molecule has 0 bridgehead atoms. The van der Waals surface area contributed by atoms with Crippen LogP contribution in [-0.4, -0.2) is 140 Å². The fraction of sp³-hybridized carbons (Fsp3) is 0.687. The maximum Gasteiger partial charge on any atom is 0.220 e. The number of aliphatic hydroxyl groups is 8. The first-order valence-electron chi connectivity index (χ1n) is 31.3. The highest BCUT2D eigenvalue weighted by molar-refractivity contribution is 5.76.